The summed E-state index contributed by atoms with van der Waals surface area (Å²) in [5, 5.41) is 9.19. The van der Waals surface area contributed by atoms with Gasteiger partial charge in [0, 0.05) is 0 Å². The molecule has 0 aliphatic heterocycles. The lowest BCUT2D eigenvalue weighted by molar-refractivity contribution is -0.325. The first-order valence-electron chi connectivity index (χ1n) is 5.10. The van der Waals surface area contributed by atoms with E-state index < -0.39 is 31.5 Å². The summed E-state index contributed by atoms with van der Waals surface area (Å²) in [7, 11) is 0. The van der Waals surface area contributed by atoms with Crippen molar-refractivity contribution in [2.45, 2.75) is 19.4 Å². The highest BCUT2D eigenvalue weighted by atomic mass is 19.4. The summed E-state index contributed by atoms with van der Waals surface area (Å²) in [4.78, 5) is 0. The summed E-state index contributed by atoms with van der Waals surface area (Å²) in [5.41, 5.74) is 0.353. The molecular formula is C11H12F4O3. The summed E-state index contributed by atoms with van der Waals surface area (Å²) < 4.78 is 56.5. The highest BCUT2D eigenvalue weighted by Crippen LogP contribution is 2.22. The van der Waals surface area contributed by atoms with Crippen LogP contribution in [0.1, 0.15) is 18.6 Å². The molecule has 0 aliphatic rings. The zero-order valence-corrected chi connectivity index (χ0v) is 9.50. The summed E-state index contributed by atoms with van der Waals surface area (Å²) in [6, 6.07) is 3.73. The Morgan fingerprint density at radius 3 is 2.44 bits per heavy atom. The van der Waals surface area contributed by atoms with Crippen molar-refractivity contribution in [2.24, 2.45) is 0 Å². The quantitative estimate of drug-likeness (QED) is 0.659. The molecular weight excluding hydrogens is 256 g/mol. The van der Waals surface area contributed by atoms with E-state index in [1.807, 2.05) is 0 Å². The molecule has 1 rings (SSSR count). The molecule has 0 radical (unpaired) electrons. The average molecular weight is 268 g/mol. The number of hydrogen-bond acceptors (Lipinski definition) is 3. The summed E-state index contributed by atoms with van der Waals surface area (Å²) >= 11 is 0. The Morgan fingerprint density at radius 1 is 1.28 bits per heavy atom. The lowest BCUT2D eigenvalue weighted by Gasteiger charge is -2.11. The minimum absolute atomic E-state index is 0.190. The van der Waals surface area contributed by atoms with Crippen LogP contribution in [0.15, 0.2) is 18.2 Å². The third-order valence-electron chi connectivity index (χ3n) is 2.04. The molecule has 0 unspecified atom stereocenters. The molecule has 18 heavy (non-hydrogen) atoms. The van der Waals surface area contributed by atoms with Gasteiger partial charge >= 0.3 is 6.36 Å². The second kappa shape index (κ2) is 6.01. The van der Waals surface area contributed by atoms with Crippen LogP contribution in [0.2, 0.25) is 0 Å². The van der Waals surface area contributed by atoms with Gasteiger partial charge in [-0.25, -0.2) is 4.39 Å². The van der Waals surface area contributed by atoms with Gasteiger partial charge in [-0.3, -0.25) is 4.74 Å². The molecule has 0 fully saturated rings. The van der Waals surface area contributed by atoms with Crippen molar-refractivity contribution in [3.05, 3.63) is 29.6 Å². The minimum Gasteiger partial charge on any atom is -0.488 e. The smallest absolute Gasteiger partial charge is 0.488 e. The van der Waals surface area contributed by atoms with E-state index in [1.165, 1.54) is 19.1 Å². The van der Waals surface area contributed by atoms with E-state index in [9.17, 15) is 22.7 Å². The van der Waals surface area contributed by atoms with Gasteiger partial charge in [0.05, 0.1) is 12.7 Å². The van der Waals surface area contributed by atoms with E-state index in [0.29, 0.717) is 5.56 Å². The summed E-state index contributed by atoms with van der Waals surface area (Å²) in [6.07, 6.45) is -5.56. The Bertz CT molecular complexity index is 390. The van der Waals surface area contributed by atoms with Crippen LogP contribution in [-0.4, -0.2) is 24.7 Å². The predicted molar refractivity (Wildman–Crippen MR) is 54.5 cm³/mol. The van der Waals surface area contributed by atoms with Gasteiger partial charge in [0.15, 0.2) is 11.6 Å². The lowest BCUT2D eigenvalue weighted by Crippen LogP contribution is -2.18. The average Bonchev–Trinajstić information content (AvgIpc) is 2.24. The Hall–Kier alpha value is -1.34. The van der Waals surface area contributed by atoms with Crippen LogP contribution < -0.4 is 4.74 Å². The number of alkyl halides is 3. The number of ether oxygens (including phenoxy) is 2. The largest absolute Gasteiger partial charge is 0.522 e. The second-order valence-electron chi connectivity index (χ2n) is 3.51. The molecule has 1 aromatic rings. The van der Waals surface area contributed by atoms with Gasteiger partial charge in [0.25, 0.3) is 0 Å². The van der Waals surface area contributed by atoms with E-state index in [0.717, 1.165) is 6.07 Å². The molecule has 3 nitrogen and oxygen atoms in total. The third kappa shape index (κ3) is 4.89. The number of halogens is 4. The van der Waals surface area contributed by atoms with Crippen LogP contribution in [0.5, 0.6) is 5.75 Å². The third-order valence-corrected chi connectivity index (χ3v) is 2.04. The first-order valence-corrected chi connectivity index (χ1v) is 5.10. The highest BCUT2D eigenvalue weighted by molar-refractivity contribution is 5.30. The molecule has 102 valence electrons. The molecule has 0 saturated carbocycles. The zero-order valence-electron chi connectivity index (χ0n) is 9.50. The van der Waals surface area contributed by atoms with Crippen LogP contribution in [0.25, 0.3) is 0 Å². The Morgan fingerprint density at radius 2 is 1.94 bits per heavy atom. The molecule has 0 bridgehead atoms. The van der Waals surface area contributed by atoms with Gasteiger partial charge in [0.1, 0.15) is 6.61 Å². The van der Waals surface area contributed by atoms with Gasteiger partial charge in [-0.15, -0.1) is 13.2 Å². The van der Waals surface area contributed by atoms with Crippen LogP contribution in [0, 0.1) is 5.82 Å². The Balaban J connectivity index is 2.48. The fraction of sp³-hybridized carbons (Fsp3) is 0.455. The highest BCUT2D eigenvalue weighted by Gasteiger charge is 2.28. The molecule has 0 heterocycles. The van der Waals surface area contributed by atoms with Crippen molar-refractivity contribution < 1.29 is 32.1 Å². The minimum atomic E-state index is -4.72. The van der Waals surface area contributed by atoms with Crippen molar-refractivity contribution in [2.75, 3.05) is 13.2 Å². The molecule has 0 spiro atoms. The van der Waals surface area contributed by atoms with Gasteiger partial charge in [-0.05, 0) is 24.6 Å². The van der Waals surface area contributed by atoms with Crippen LogP contribution in [-0.2, 0) is 4.74 Å². The van der Waals surface area contributed by atoms with Crippen molar-refractivity contribution in [1.29, 1.82) is 0 Å². The van der Waals surface area contributed by atoms with Crippen molar-refractivity contribution >= 4 is 0 Å². The normalized spacial score (nSPS) is 13.4. The molecule has 0 saturated heterocycles. The van der Waals surface area contributed by atoms with E-state index in [2.05, 4.69) is 4.74 Å². The Labute approximate surface area is 101 Å². The predicted octanol–water partition coefficient (Wildman–Crippen LogP) is 2.79. The van der Waals surface area contributed by atoms with Gasteiger partial charge in [-0.1, -0.05) is 6.07 Å². The topological polar surface area (TPSA) is 38.7 Å². The maximum Gasteiger partial charge on any atom is 0.522 e. The Kier molecular flexibility index (Phi) is 4.92. The number of aliphatic hydroxyl groups excluding tert-OH is 1. The molecule has 1 aromatic carbocycles. The van der Waals surface area contributed by atoms with Crippen LogP contribution in [0.4, 0.5) is 17.6 Å². The number of hydrogen-bond donors (Lipinski definition) is 1. The van der Waals surface area contributed by atoms with Crippen LogP contribution >= 0.6 is 0 Å². The summed E-state index contributed by atoms with van der Waals surface area (Å²) in [5.74, 6) is -0.939. The fourth-order valence-electron chi connectivity index (χ4n) is 1.20. The summed E-state index contributed by atoms with van der Waals surface area (Å²) in [6.45, 7) is 0.317. The zero-order chi connectivity index (χ0) is 13.8. The first kappa shape index (κ1) is 14.7. The van der Waals surface area contributed by atoms with Crippen molar-refractivity contribution in [3.8, 4) is 5.75 Å². The van der Waals surface area contributed by atoms with Gasteiger partial charge < -0.3 is 9.84 Å². The second-order valence-corrected chi connectivity index (χ2v) is 3.51. The van der Waals surface area contributed by atoms with E-state index in [1.54, 1.807) is 0 Å². The van der Waals surface area contributed by atoms with Crippen molar-refractivity contribution in [1.82, 2.24) is 0 Å². The number of benzene rings is 1. The molecule has 0 aliphatic carbocycles. The molecule has 7 heteroatoms. The fourth-order valence-corrected chi connectivity index (χ4v) is 1.20. The van der Waals surface area contributed by atoms with Gasteiger partial charge in [0.2, 0.25) is 0 Å². The maximum absolute atomic E-state index is 13.4. The monoisotopic (exact) mass is 268 g/mol. The molecule has 1 N–H and O–H groups in total. The standard InChI is InChI=1S/C11H12F4O3/c1-7(16)8-2-3-10(9(12)6-8)17-4-5-18-11(13,14)15/h2-3,6-7,16H,4-5H2,1H3/t7-/m0/s1. The maximum atomic E-state index is 13.4. The first-order chi connectivity index (χ1) is 8.29. The van der Waals surface area contributed by atoms with E-state index in [-0.39, 0.29) is 5.75 Å². The van der Waals surface area contributed by atoms with E-state index in [4.69, 9.17) is 4.74 Å². The number of rotatable bonds is 5. The van der Waals surface area contributed by atoms with E-state index >= 15 is 0 Å². The lowest BCUT2D eigenvalue weighted by atomic mass is 10.1. The SMILES string of the molecule is C[C@H](O)c1ccc(OCCOC(F)(F)F)c(F)c1. The number of aliphatic hydroxyl groups is 1. The molecule has 0 aromatic heterocycles. The molecule has 0 amide bonds. The molecule has 1 atom stereocenters. The van der Waals surface area contributed by atoms with Crippen molar-refractivity contribution in [3.63, 3.8) is 0 Å². The van der Waals surface area contributed by atoms with Crippen LogP contribution in [0.3, 0.4) is 0 Å². The van der Waals surface area contributed by atoms with Gasteiger partial charge in [-0.2, -0.15) is 0 Å².